The largest absolute Gasteiger partial charge is 0.298 e. The van der Waals surface area contributed by atoms with Gasteiger partial charge in [0.05, 0.1) is 0 Å². The van der Waals surface area contributed by atoms with Gasteiger partial charge in [0, 0.05) is 30.7 Å². The predicted molar refractivity (Wildman–Crippen MR) is 82.1 cm³/mol. The molecular formula is C16H33N3. The van der Waals surface area contributed by atoms with Gasteiger partial charge in [0.1, 0.15) is 0 Å². The normalized spacial score (nSPS) is 27.9. The molecule has 2 aliphatic heterocycles. The molecular weight excluding hydrogens is 234 g/mol. The first kappa shape index (κ1) is 15.3. The summed E-state index contributed by atoms with van der Waals surface area (Å²) >= 11 is 0. The Balaban J connectivity index is 1.91. The van der Waals surface area contributed by atoms with Gasteiger partial charge in [0.15, 0.2) is 0 Å². The van der Waals surface area contributed by atoms with Gasteiger partial charge in [0.2, 0.25) is 0 Å². The molecule has 2 heterocycles. The lowest BCUT2D eigenvalue weighted by Gasteiger charge is -2.45. The van der Waals surface area contributed by atoms with Crippen LogP contribution in [0.15, 0.2) is 0 Å². The molecule has 0 spiro atoms. The third-order valence-electron chi connectivity index (χ3n) is 4.85. The molecule has 2 fully saturated rings. The van der Waals surface area contributed by atoms with E-state index >= 15 is 0 Å². The number of likely N-dealkylation sites (tertiary alicyclic amines) is 1. The monoisotopic (exact) mass is 267 g/mol. The Morgan fingerprint density at radius 3 is 2.37 bits per heavy atom. The van der Waals surface area contributed by atoms with Gasteiger partial charge in [-0.15, -0.1) is 0 Å². The minimum absolute atomic E-state index is 0.294. The Bertz CT molecular complexity index is 287. The van der Waals surface area contributed by atoms with Crippen LogP contribution >= 0.6 is 0 Å². The van der Waals surface area contributed by atoms with Crippen molar-refractivity contribution >= 4 is 0 Å². The van der Waals surface area contributed by atoms with Crippen LogP contribution in [0.1, 0.15) is 60.3 Å². The van der Waals surface area contributed by atoms with Crippen molar-refractivity contribution in [3.63, 3.8) is 0 Å². The summed E-state index contributed by atoms with van der Waals surface area (Å²) in [5.74, 6) is 0.852. The minimum Gasteiger partial charge on any atom is -0.298 e. The number of piperidine rings is 1. The summed E-state index contributed by atoms with van der Waals surface area (Å²) in [4.78, 5) is 2.68. The van der Waals surface area contributed by atoms with Gasteiger partial charge in [-0.3, -0.25) is 10.3 Å². The fraction of sp³-hybridized carbons (Fsp3) is 1.00. The van der Waals surface area contributed by atoms with Crippen molar-refractivity contribution in [2.75, 3.05) is 26.2 Å². The zero-order chi connectivity index (χ0) is 14.1. The van der Waals surface area contributed by atoms with Gasteiger partial charge in [0.25, 0.3) is 0 Å². The van der Waals surface area contributed by atoms with Gasteiger partial charge in [-0.1, -0.05) is 0 Å². The highest BCUT2D eigenvalue weighted by Gasteiger charge is 2.35. The average molecular weight is 267 g/mol. The predicted octanol–water partition coefficient (Wildman–Crippen LogP) is 2.88. The Labute approximate surface area is 119 Å². The third-order valence-corrected chi connectivity index (χ3v) is 4.85. The van der Waals surface area contributed by atoms with E-state index in [1.807, 2.05) is 0 Å². The van der Waals surface area contributed by atoms with Crippen LogP contribution in [0.3, 0.4) is 0 Å². The first-order chi connectivity index (χ1) is 8.79. The molecule has 1 atom stereocenters. The first-order valence-corrected chi connectivity index (χ1v) is 8.05. The van der Waals surface area contributed by atoms with Crippen LogP contribution in [0.4, 0.5) is 0 Å². The van der Waals surface area contributed by atoms with Gasteiger partial charge < -0.3 is 0 Å². The highest BCUT2D eigenvalue weighted by Crippen LogP contribution is 2.31. The van der Waals surface area contributed by atoms with Gasteiger partial charge >= 0.3 is 0 Å². The summed E-state index contributed by atoms with van der Waals surface area (Å²) in [6.45, 7) is 16.8. The van der Waals surface area contributed by atoms with E-state index in [4.69, 9.17) is 0 Å². The fourth-order valence-corrected chi connectivity index (χ4v) is 3.70. The molecule has 0 aromatic rings. The summed E-state index contributed by atoms with van der Waals surface area (Å²) in [5.41, 5.74) is 4.17. The standard InChI is InChI=1S/C16H33N3/c1-15(2,3)18-10-6-8-14(13-18)12-16(4,5)19-11-7-9-17-19/h14,17H,6-13H2,1-5H3. The van der Waals surface area contributed by atoms with Crippen molar-refractivity contribution in [3.8, 4) is 0 Å². The van der Waals surface area contributed by atoms with Crippen LogP contribution in [0.25, 0.3) is 0 Å². The molecule has 112 valence electrons. The van der Waals surface area contributed by atoms with Crippen molar-refractivity contribution in [2.24, 2.45) is 5.92 Å². The molecule has 0 aromatic heterocycles. The molecule has 2 saturated heterocycles. The summed E-state index contributed by atoms with van der Waals surface area (Å²) in [6, 6.07) is 0. The number of nitrogens with one attached hydrogen (secondary N) is 1. The van der Waals surface area contributed by atoms with Crippen LogP contribution in [-0.4, -0.2) is 47.2 Å². The number of hydrazine groups is 1. The third kappa shape index (κ3) is 3.93. The highest BCUT2D eigenvalue weighted by molar-refractivity contribution is 4.89. The van der Waals surface area contributed by atoms with E-state index in [0.29, 0.717) is 11.1 Å². The van der Waals surface area contributed by atoms with Crippen LogP contribution < -0.4 is 5.43 Å². The SMILES string of the molecule is CC(C)(C)N1CCCC(CC(C)(C)N2CCCN2)C1. The van der Waals surface area contributed by atoms with E-state index in [9.17, 15) is 0 Å². The topological polar surface area (TPSA) is 18.5 Å². The van der Waals surface area contributed by atoms with E-state index in [0.717, 1.165) is 12.5 Å². The second kappa shape index (κ2) is 5.71. The molecule has 0 radical (unpaired) electrons. The smallest absolute Gasteiger partial charge is 0.0301 e. The van der Waals surface area contributed by atoms with Crippen LogP contribution in [0, 0.1) is 5.92 Å². The van der Waals surface area contributed by atoms with E-state index in [2.05, 4.69) is 50.0 Å². The lowest BCUT2D eigenvalue weighted by atomic mass is 9.83. The van der Waals surface area contributed by atoms with E-state index in [1.165, 1.54) is 45.3 Å². The second-order valence-corrected chi connectivity index (χ2v) is 8.05. The number of nitrogens with zero attached hydrogens (tertiary/aromatic N) is 2. The van der Waals surface area contributed by atoms with Crippen molar-refractivity contribution in [1.82, 2.24) is 15.3 Å². The zero-order valence-corrected chi connectivity index (χ0v) is 13.6. The quantitative estimate of drug-likeness (QED) is 0.848. The molecule has 0 aliphatic carbocycles. The lowest BCUT2D eigenvalue weighted by Crippen LogP contribution is -2.52. The Morgan fingerprint density at radius 1 is 1.05 bits per heavy atom. The fourth-order valence-electron chi connectivity index (χ4n) is 3.70. The molecule has 0 amide bonds. The molecule has 0 bridgehead atoms. The zero-order valence-electron chi connectivity index (χ0n) is 13.6. The maximum atomic E-state index is 3.55. The average Bonchev–Trinajstić information content (AvgIpc) is 2.81. The Morgan fingerprint density at radius 2 is 1.79 bits per heavy atom. The van der Waals surface area contributed by atoms with Gasteiger partial charge in [-0.2, -0.15) is 0 Å². The van der Waals surface area contributed by atoms with E-state index in [-0.39, 0.29) is 0 Å². The summed E-state index contributed by atoms with van der Waals surface area (Å²) in [7, 11) is 0. The van der Waals surface area contributed by atoms with E-state index in [1.54, 1.807) is 0 Å². The van der Waals surface area contributed by atoms with E-state index < -0.39 is 0 Å². The molecule has 1 unspecified atom stereocenters. The van der Waals surface area contributed by atoms with Crippen LogP contribution in [0.5, 0.6) is 0 Å². The molecule has 3 nitrogen and oxygen atoms in total. The van der Waals surface area contributed by atoms with Crippen molar-refractivity contribution < 1.29 is 0 Å². The highest BCUT2D eigenvalue weighted by atomic mass is 15.6. The summed E-state index contributed by atoms with van der Waals surface area (Å²) in [5, 5.41) is 2.48. The Kier molecular flexibility index (Phi) is 4.59. The Hall–Kier alpha value is -0.120. The van der Waals surface area contributed by atoms with Crippen LogP contribution in [0.2, 0.25) is 0 Å². The van der Waals surface area contributed by atoms with Gasteiger partial charge in [-0.25, -0.2) is 5.01 Å². The molecule has 1 N–H and O–H groups in total. The lowest BCUT2D eigenvalue weighted by molar-refractivity contribution is 0.0309. The molecule has 2 aliphatic rings. The maximum Gasteiger partial charge on any atom is 0.0301 e. The van der Waals surface area contributed by atoms with Crippen molar-refractivity contribution in [3.05, 3.63) is 0 Å². The first-order valence-electron chi connectivity index (χ1n) is 8.05. The summed E-state index contributed by atoms with van der Waals surface area (Å²) < 4.78 is 0. The van der Waals surface area contributed by atoms with Crippen LogP contribution in [-0.2, 0) is 0 Å². The molecule has 0 saturated carbocycles. The molecule has 2 rings (SSSR count). The maximum absolute atomic E-state index is 3.55. The number of rotatable bonds is 3. The minimum atomic E-state index is 0.294. The molecule has 19 heavy (non-hydrogen) atoms. The van der Waals surface area contributed by atoms with Crippen molar-refractivity contribution in [1.29, 1.82) is 0 Å². The number of hydrogen-bond donors (Lipinski definition) is 1. The van der Waals surface area contributed by atoms with Gasteiger partial charge in [-0.05, 0) is 72.8 Å². The number of hydrogen-bond acceptors (Lipinski definition) is 3. The molecule has 0 aromatic carbocycles. The summed E-state index contributed by atoms with van der Waals surface area (Å²) in [6.07, 6.45) is 5.38. The molecule has 3 heteroatoms. The van der Waals surface area contributed by atoms with Crippen molar-refractivity contribution in [2.45, 2.75) is 71.4 Å². The second-order valence-electron chi connectivity index (χ2n) is 8.05.